The van der Waals surface area contributed by atoms with Crippen LogP contribution in [0, 0.1) is 23.5 Å². The number of aryl methyl sites for hydroxylation is 1. The summed E-state index contributed by atoms with van der Waals surface area (Å²) in [6.45, 7) is 1.86. The molecule has 1 spiro atoms. The number of benzene rings is 2. The summed E-state index contributed by atoms with van der Waals surface area (Å²) in [6, 6.07) is -8.32. The number of rotatable bonds is 12. The lowest BCUT2D eigenvalue weighted by Gasteiger charge is -2.43. The van der Waals surface area contributed by atoms with E-state index in [-0.39, 0.29) is 50.9 Å². The number of nitrogens with one attached hydrogen (secondary N) is 3. The molecule has 7 rings (SSSR count). The molecule has 2 aromatic rings. The normalized spacial score (nSPS) is 25.5. The average molecular weight is 1560 g/mol. The van der Waals surface area contributed by atoms with E-state index in [2.05, 4.69) is 16.0 Å². The molecule has 3 N–H and O–H groups in total. The van der Waals surface area contributed by atoms with Crippen LogP contribution in [0.4, 0.5) is 48.3 Å². The van der Waals surface area contributed by atoms with Crippen molar-refractivity contribution in [2.24, 2.45) is 11.8 Å². The molecular weight excluding hydrogens is 1460 g/mol. The summed E-state index contributed by atoms with van der Waals surface area (Å²) >= 11 is 0. The Bertz CT molecular complexity index is 3620. The van der Waals surface area contributed by atoms with E-state index in [4.69, 9.17) is 4.74 Å². The first-order chi connectivity index (χ1) is 50.9. The number of likely N-dealkylation sites (N-methyl/N-ethyl adjacent to an activating group) is 7. The smallest absolute Gasteiger partial charge is 0.377 e. The average Bonchev–Trinajstić information content (AvgIpc) is 1.27. The summed E-state index contributed by atoms with van der Waals surface area (Å²) in [5.41, 5.74) is -5.54. The third-order valence-electron chi connectivity index (χ3n) is 21.7. The maximum atomic E-state index is 15.8. The van der Waals surface area contributed by atoms with Crippen molar-refractivity contribution in [3.63, 3.8) is 0 Å². The van der Waals surface area contributed by atoms with E-state index in [0.29, 0.717) is 80.5 Å². The minimum Gasteiger partial charge on any atom is -0.377 e. The second-order valence-corrected chi connectivity index (χ2v) is 29.4. The fourth-order valence-corrected chi connectivity index (χ4v) is 15.1. The van der Waals surface area contributed by atoms with Gasteiger partial charge in [0.25, 0.3) is 0 Å². The van der Waals surface area contributed by atoms with Crippen molar-refractivity contribution in [3.8, 4) is 0 Å². The summed E-state index contributed by atoms with van der Waals surface area (Å²) in [5, 5.41) is 7.73. The van der Waals surface area contributed by atoms with Gasteiger partial charge in [0.05, 0.1) is 44.1 Å². The van der Waals surface area contributed by atoms with Gasteiger partial charge in [-0.15, -0.1) is 0 Å². The molecular formula is C73H99F11N12O13. The van der Waals surface area contributed by atoms with Gasteiger partial charge in [0.2, 0.25) is 70.9 Å². The van der Waals surface area contributed by atoms with E-state index >= 15 is 28.0 Å². The van der Waals surface area contributed by atoms with Gasteiger partial charge in [0, 0.05) is 88.4 Å². The third kappa shape index (κ3) is 21.9. The summed E-state index contributed by atoms with van der Waals surface area (Å²) in [7, 11) is 7.80. The van der Waals surface area contributed by atoms with Crippen molar-refractivity contribution in [1.82, 2.24) is 60.0 Å². The SMILES string of the molecule is CCO[C@@H]1C[C@H]2C(=O)NC3(CCCC3)C(=O)N(C)[C@@H](C3CCCCC3)C(=O)N(C)[C@H](C(=O)N3CCCC3)CC(=O)N(C)[C@@H](CC(F)(F)F)C(=O)N[C@@H]([C@@H](C)CC)C(=O)N(C)CC(=O)N(C)CC(=O)N(C)[C@@H](Cc3ccc(C(F)(F)F)cc3)C(=O)N(C)CC(=O)N[C@@H](CCc3cc(F)c(C(F)(F)F)c(F)c3)C(=O)N2C1. The minimum atomic E-state index is -5.48. The maximum absolute atomic E-state index is 15.8. The second kappa shape index (κ2) is 36.9. The monoisotopic (exact) mass is 1560 g/mol. The van der Waals surface area contributed by atoms with Gasteiger partial charge in [-0.2, -0.15) is 39.5 Å². The van der Waals surface area contributed by atoms with Crippen LogP contribution in [0.1, 0.15) is 146 Å². The number of likely N-dealkylation sites (tertiary alicyclic amines) is 1. The highest BCUT2D eigenvalue weighted by atomic mass is 19.4. The van der Waals surface area contributed by atoms with Crippen molar-refractivity contribution >= 4 is 70.9 Å². The van der Waals surface area contributed by atoms with Gasteiger partial charge in [0.15, 0.2) is 0 Å². The number of carbonyl (C=O) groups is 12. The largest absolute Gasteiger partial charge is 0.422 e. The molecule has 5 fully saturated rings. The van der Waals surface area contributed by atoms with E-state index in [1.807, 2.05) is 0 Å². The van der Waals surface area contributed by atoms with E-state index < -0.39 is 242 Å². The van der Waals surface area contributed by atoms with Crippen molar-refractivity contribution < 1.29 is 111 Å². The summed E-state index contributed by atoms with van der Waals surface area (Å²) in [6.07, 6.45) is -17.2. The van der Waals surface area contributed by atoms with Crippen LogP contribution in [0.15, 0.2) is 36.4 Å². The lowest BCUT2D eigenvalue weighted by Crippen LogP contribution is -2.65. The Kier molecular flexibility index (Phi) is 29.6. The van der Waals surface area contributed by atoms with E-state index in [9.17, 15) is 77.9 Å². The number of carbonyl (C=O) groups excluding carboxylic acids is 12. The van der Waals surface area contributed by atoms with Crippen molar-refractivity contribution in [1.29, 1.82) is 0 Å². The zero-order valence-corrected chi connectivity index (χ0v) is 62.9. The molecule has 0 aromatic heterocycles. The third-order valence-corrected chi connectivity index (χ3v) is 21.7. The van der Waals surface area contributed by atoms with Gasteiger partial charge in [-0.05, 0) is 106 Å². The zero-order chi connectivity index (χ0) is 81.1. The molecule has 36 heteroatoms. The van der Waals surface area contributed by atoms with Crippen LogP contribution < -0.4 is 16.0 Å². The highest BCUT2D eigenvalue weighted by Gasteiger charge is 2.53. The molecule has 2 saturated carbocycles. The number of alkyl halides is 9. The zero-order valence-electron chi connectivity index (χ0n) is 62.9. The molecule has 2 aromatic carbocycles. The van der Waals surface area contributed by atoms with Crippen LogP contribution in [0.5, 0.6) is 0 Å². The quantitative estimate of drug-likeness (QED) is 0.210. The standard InChI is InChI=1S/C73H99F11N12O13/c1-11-42(3)60-67(106)90(6)40-57(99)88(4)41-58(100)91(7)52(34-43-22-25-46(26-23-43)72(79,80)81)65(104)89(5)39-55(97)85-50(27-24-44-32-48(74)59(49(75)33-44)73(82,83)84)64(103)96-38-47(109-12-2)35-51(96)63(102)87-70(28-16-17-29-70)69(108)94(10)61(45-20-14-13-15-21-45)68(107)93(9)53(66(105)95-30-18-19-31-95)36-56(98)92(8)54(62(101)86-60)37-71(76,77)78/h22-23,25-26,32-33,42,45,47,50-54,60-61H,11-21,24,27-31,34-41H2,1-10H3,(H,85,97)(H,86,101)(H,87,102)/t42-,47+,50-,51-,52-,53-,54-,60-,61-/m0/s1. The van der Waals surface area contributed by atoms with E-state index in [1.165, 1.54) is 25.9 Å². The molecule has 0 bridgehead atoms. The number of amides is 12. The van der Waals surface area contributed by atoms with Gasteiger partial charge in [0.1, 0.15) is 65.0 Å². The summed E-state index contributed by atoms with van der Waals surface area (Å²) in [4.78, 5) is 187. The van der Waals surface area contributed by atoms with Gasteiger partial charge in [-0.1, -0.05) is 64.5 Å². The first-order valence-electron chi connectivity index (χ1n) is 36.6. The predicted molar refractivity (Wildman–Crippen MR) is 370 cm³/mol. The fraction of sp³-hybridized carbons (Fsp3) is 0.671. The molecule has 3 aliphatic heterocycles. The van der Waals surface area contributed by atoms with Gasteiger partial charge < -0.3 is 64.8 Å². The number of halogens is 11. The summed E-state index contributed by atoms with van der Waals surface area (Å²) < 4.78 is 164. The Labute approximate surface area is 625 Å². The van der Waals surface area contributed by atoms with Crippen LogP contribution in [-0.4, -0.2) is 270 Å². The molecule has 5 aliphatic rings. The van der Waals surface area contributed by atoms with Crippen molar-refractivity contribution in [2.75, 3.05) is 95.2 Å². The van der Waals surface area contributed by atoms with Crippen molar-refractivity contribution in [3.05, 3.63) is 70.3 Å². The molecule has 0 unspecified atom stereocenters. The first-order valence-corrected chi connectivity index (χ1v) is 36.6. The van der Waals surface area contributed by atoms with Crippen molar-refractivity contribution in [2.45, 2.75) is 209 Å². The lowest BCUT2D eigenvalue weighted by molar-refractivity contribution is -0.163. The Hall–Kier alpha value is -8.73. The Morgan fingerprint density at radius 1 is 0.615 bits per heavy atom. The first kappa shape index (κ1) is 87.5. The Balaban J connectivity index is 1.34. The van der Waals surface area contributed by atoms with Crippen LogP contribution in [0.3, 0.4) is 0 Å². The minimum absolute atomic E-state index is 0.0179. The second-order valence-electron chi connectivity index (χ2n) is 29.4. The highest BCUT2D eigenvalue weighted by Crippen LogP contribution is 2.39. The van der Waals surface area contributed by atoms with Crippen LogP contribution in [0.2, 0.25) is 0 Å². The molecule has 0 radical (unpaired) electrons. The maximum Gasteiger partial charge on any atom is 0.422 e. The molecule has 3 heterocycles. The number of ether oxygens (including phenoxy) is 1. The number of fused-ring (bicyclic) bond motifs is 1. The molecule has 606 valence electrons. The van der Waals surface area contributed by atoms with E-state index in [1.54, 1.807) is 13.8 Å². The number of hydrogen-bond donors (Lipinski definition) is 3. The molecule has 109 heavy (non-hydrogen) atoms. The van der Waals surface area contributed by atoms with E-state index in [0.717, 1.165) is 88.1 Å². The molecule has 2 aliphatic carbocycles. The van der Waals surface area contributed by atoms with Crippen LogP contribution in [-0.2, 0) is 87.5 Å². The highest BCUT2D eigenvalue weighted by molar-refractivity contribution is 6.01. The topological polar surface area (TPSA) is 279 Å². The van der Waals surface area contributed by atoms with Gasteiger partial charge >= 0.3 is 18.5 Å². The predicted octanol–water partition coefficient (Wildman–Crippen LogP) is 5.87. The number of nitrogens with zero attached hydrogens (tertiary/aromatic N) is 9. The molecule has 9 atom stereocenters. The van der Waals surface area contributed by atoms with Crippen LogP contribution in [0.25, 0.3) is 0 Å². The molecule has 3 saturated heterocycles. The Morgan fingerprint density at radius 2 is 1.19 bits per heavy atom. The van der Waals surface area contributed by atoms with Crippen LogP contribution >= 0.6 is 0 Å². The number of hydrogen-bond acceptors (Lipinski definition) is 13. The van der Waals surface area contributed by atoms with Gasteiger partial charge in [-0.25, -0.2) is 8.78 Å². The fourth-order valence-electron chi connectivity index (χ4n) is 15.1. The Morgan fingerprint density at radius 3 is 1.75 bits per heavy atom. The molecule has 25 nitrogen and oxygen atoms in total. The molecule has 12 amide bonds. The van der Waals surface area contributed by atoms with Gasteiger partial charge in [-0.3, -0.25) is 57.5 Å². The summed E-state index contributed by atoms with van der Waals surface area (Å²) in [5.74, 6) is -18.0. The lowest BCUT2D eigenvalue weighted by atomic mass is 9.81.